The van der Waals surface area contributed by atoms with Crippen LogP contribution in [0.15, 0.2) is 18.2 Å². The van der Waals surface area contributed by atoms with Crippen LogP contribution in [0.4, 0.5) is 0 Å². The number of amides is 1. The molecule has 0 heterocycles. The van der Waals surface area contributed by atoms with Crippen molar-refractivity contribution in [1.29, 1.82) is 5.26 Å². The SMILES string of the molecule is COC1CCC(C#N)(C(C(N)=O)c2cc(C)ccc2C)CC1. The number of hydrogen-bond acceptors (Lipinski definition) is 3. The first-order valence-corrected chi connectivity index (χ1v) is 7.74. The fourth-order valence-corrected chi connectivity index (χ4v) is 3.60. The predicted molar refractivity (Wildman–Crippen MR) is 85.2 cm³/mol. The van der Waals surface area contributed by atoms with Gasteiger partial charge in [0.05, 0.1) is 23.5 Å². The van der Waals surface area contributed by atoms with Gasteiger partial charge < -0.3 is 10.5 Å². The number of nitrogens with zero attached hydrogens (tertiary/aromatic N) is 1. The Morgan fingerprint density at radius 2 is 2.05 bits per heavy atom. The first-order valence-electron chi connectivity index (χ1n) is 7.74. The highest BCUT2D eigenvalue weighted by molar-refractivity contribution is 5.84. The lowest BCUT2D eigenvalue weighted by Crippen LogP contribution is -2.41. The van der Waals surface area contributed by atoms with Crippen molar-refractivity contribution in [3.63, 3.8) is 0 Å². The summed E-state index contributed by atoms with van der Waals surface area (Å²) in [5.74, 6) is -0.971. The normalized spacial score (nSPS) is 26.2. The first-order chi connectivity index (χ1) is 10.4. The summed E-state index contributed by atoms with van der Waals surface area (Å²) >= 11 is 0. The van der Waals surface area contributed by atoms with E-state index in [1.165, 1.54) is 0 Å². The van der Waals surface area contributed by atoms with Crippen molar-refractivity contribution in [1.82, 2.24) is 0 Å². The first kappa shape index (κ1) is 16.5. The molecule has 0 bridgehead atoms. The van der Waals surface area contributed by atoms with Gasteiger partial charge in [0.25, 0.3) is 0 Å². The summed E-state index contributed by atoms with van der Waals surface area (Å²) in [6, 6.07) is 8.43. The zero-order valence-electron chi connectivity index (χ0n) is 13.6. The molecule has 1 atom stereocenters. The molecule has 1 saturated carbocycles. The Morgan fingerprint density at radius 1 is 1.41 bits per heavy atom. The van der Waals surface area contributed by atoms with E-state index in [0.717, 1.165) is 29.5 Å². The van der Waals surface area contributed by atoms with Gasteiger partial charge in [-0.2, -0.15) is 5.26 Å². The number of nitrogens with two attached hydrogens (primary N) is 1. The van der Waals surface area contributed by atoms with Crippen molar-refractivity contribution < 1.29 is 9.53 Å². The largest absolute Gasteiger partial charge is 0.381 e. The Bertz CT molecular complexity index is 596. The smallest absolute Gasteiger partial charge is 0.226 e. The summed E-state index contributed by atoms with van der Waals surface area (Å²) in [5, 5.41) is 9.84. The lowest BCUT2D eigenvalue weighted by atomic mass is 9.63. The summed E-state index contributed by atoms with van der Waals surface area (Å²) in [4.78, 5) is 12.2. The molecule has 1 amide bonds. The molecule has 4 nitrogen and oxygen atoms in total. The second-order valence-corrected chi connectivity index (χ2v) is 6.40. The number of hydrogen-bond donors (Lipinski definition) is 1. The van der Waals surface area contributed by atoms with Crippen LogP contribution in [-0.2, 0) is 9.53 Å². The molecule has 4 heteroatoms. The third kappa shape index (κ3) is 3.00. The summed E-state index contributed by atoms with van der Waals surface area (Å²) in [5.41, 5.74) is 7.98. The van der Waals surface area contributed by atoms with Crippen LogP contribution in [0.25, 0.3) is 0 Å². The van der Waals surface area contributed by atoms with Crippen LogP contribution in [0.2, 0.25) is 0 Å². The molecule has 0 radical (unpaired) electrons. The van der Waals surface area contributed by atoms with Crippen molar-refractivity contribution in [2.75, 3.05) is 7.11 Å². The predicted octanol–water partition coefficient (Wildman–Crippen LogP) is 2.97. The lowest BCUT2D eigenvalue weighted by Gasteiger charge is -2.39. The highest BCUT2D eigenvalue weighted by Gasteiger charge is 2.46. The van der Waals surface area contributed by atoms with Crippen molar-refractivity contribution >= 4 is 5.91 Å². The zero-order valence-corrected chi connectivity index (χ0v) is 13.6. The molecule has 118 valence electrons. The van der Waals surface area contributed by atoms with E-state index in [2.05, 4.69) is 6.07 Å². The molecule has 0 aliphatic heterocycles. The Balaban J connectivity index is 2.45. The monoisotopic (exact) mass is 300 g/mol. The van der Waals surface area contributed by atoms with Crippen molar-refractivity contribution in [3.05, 3.63) is 34.9 Å². The van der Waals surface area contributed by atoms with Crippen LogP contribution in [-0.4, -0.2) is 19.1 Å². The lowest BCUT2D eigenvalue weighted by molar-refractivity contribution is -0.122. The maximum absolute atomic E-state index is 12.2. The molecule has 1 aromatic carbocycles. The number of benzene rings is 1. The van der Waals surface area contributed by atoms with E-state index < -0.39 is 17.2 Å². The van der Waals surface area contributed by atoms with E-state index in [0.29, 0.717) is 12.8 Å². The van der Waals surface area contributed by atoms with E-state index in [-0.39, 0.29) is 6.10 Å². The van der Waals surface area contributed by atoms with Gasteiger partial charge in [-0.05, 0) is 50.7 Å². The van der Waals surface area contributed by atoms with E-state index in [1.807, 2.05) is 32.0 Å². The summed E-state index contributed by atoms with van der Waals surface area (Å²) < 4.78 is 5.39. The number of carbonyl (C=O) groups is 1. The average molecular weight is 300 g/mol. The molecule has 0 saturated heterocycles. The zero-order chi connectivity index (χ0) is 16.3. The third-order valence-corrected chi connectivity index (χ3v) is 4.96. The van der Waals surface area contributed by atoms with Gasteiger partial charge in [-0.15, -0.1) is 0 Å². The van der Waals surface area contributed by atoms with Gasteiger partial charge in [0.2, 0.25) is 5.91 Å². The molecular weight excluding hydrogens is 276 g/mol. The van der Waals surface area contributed by atoms with Gasteiger partial charge in [0.1, 0.15) is 0 Å². The molecule has 2 N–H and O–H groups in total. The highest BCUT2D eigenvalue weighted by Crippen LogP contribution is 2.48. The van der Waals surface area contributed by atoms with E-state index >= 15 is 0 Å². The van der Waals surface area contributed by atoms with Gasteiger partial charge in [0.15, 0.2) is 0 Å². The Labute approximate surface area is 132 Å². The Kier molecular flexibility index (Phi) is 4.87. The molecule has 22 heavy (non-hydrogen) atoms. The van der Waals surface area contributed by atoms with Gasteiger partial charge in [-0.1, -0.05) is 23.8 Å². The quantitative estimate of drug-likeness (QED) is 0.928. The van der Waals surface area contributed by atoms with Crippen LogP contribution in [0.1, 0.15) is 48.3 Å². The minimum Gasteiger partial charge on any atom is -0.381 e. The van der Waals surface area contributed by atoms with Gasteiger partial charge in [-0.25, -0.2) is 0 Å². The number of carbonyl (C=O) groups excluding carboxylic acids is 1. The topological polar surface area (TPSA) is 76.1 Å². The number of primary amides is 1. The average Bonchev–Trinajstić information content (AvgIpc) is 2.51. The molecular formula is C18H24N2O2. The van der Waals surface area contributed by atoms with Crippen molar-refractivity contribution in [2.24, 2.45) is 11.1 Å². The van der Waals surface area contributed by atoms with Crippen LogP contribution >= 0.6 is 0 Å². The van der Waals surface area contributed by atoms with Crippen LogP contribution in [0.5, 0.6) is 0 Å². The van der Waals surface area contributed by atoms with Crippen LogP contribution < -0.4 is 5.73 Å². The number of ether oxygens (including phenoxy) is 1. The highest BCUT2D eigenvalue weighted by atomic mass is 16.5. The molecule has 1 aromatic rings. The van der Waals surface area contributed by atoms with E-state index in [4.69, 9.17) is 10.5 Å². The minimum atomic E-state index is -0.723. The van der Waals surface area contributed by atoms with Gasteiger partial charge >= 0.3 is 0 Å². The third-order valence-electron chi connectivity index (χ3n) is 4.96. The minimum absolute atomic E-state index is 0.175. The molecule has 0 spiro atoms. The number of rotatable bonds is 4. The standard InChI is InChI=1S/C18H24N2O2/c1-12-4-5-13(2)15(10-12)16(17(20)21)18(11-19)8-6-14(22-3)7-9-18/h4-5,10,14,16H,6-9H2,1-3H3,(H2,20,21). The number of nitriles is 1. The van der Waals surface area contributed by atoms with Gasteiger partial charge in [-0.3, -0.25) is 4.79 Å². The summed E-state index contributed by atoms with van der Waals surface area (Å²) in [6.07, 6.45) is 3.04. The van der Waals surface area contributed by atoms with Gasteiger partial charge in [0, 0.05) is 7.11 Å². The fourth-order valence-electron chi connectivity index (χ4n) is 3.60. The summed E-state index contributed by atoms with van der Waals surface area (Å²) in [7, 11) is 1.69. The Morgan fingerprint density at radius 3 is 2.55 bits per heavy atom. The maximum atomic E-state index is 12.2. The fraction of sp³-hybridized carbons (Fsp3) is 0.556. The maximum Gasteiger partial charge on any atom is 0.226 e. The molecule has 1 fully saturated rings. The summed E-state index contributed by atoms with van der Waals surface area (Å²) in [6.45, 7) is 3.96. The number of methoxy groups -OCH3 is 1. The Hall–Kier alpha value is -1.86. The molecule has 1 unspecified atom stereocenters. The molecule has 1 aliphatic rings. The van der Waals surface area contributed by atoms with Crippen molar-refractivity contribution in [3.8, 4) is 6.07 Å². The second kappa shape index (κ2) is 6.50. The van der Waals surface area contributed by atoms with Crippen molar-refractivity contribution in [2.45, 2.75) is 51.6 Å². The van der Waals surface area contributed by atoms with E-state index in [9.17, 15) is 10.1 Å². The molecule has 1 aliphatic carbocycles. The van der Waals surface area contributed by atoms with E-state index in [1.54, 1.807) is 7.11 Å². The molecule has 2 rings (SSSR count). The second-order valence-electron chi connectivity index (χ2n) is 6.40. The van der Waals surface area contributed by atoms with Crippen LogP contribution in [0.3, 0.4) is 0 Å². The number of aryl methyl sites for hydroxylation is 2. The van der Waals surface area contributed by atoms with Crippen LogP contribution in [0, 0.1) is 30.6 Å². The molecule has 0 aromatic heterocycles.